The monoisotopic (exact) mass is 273 g/mol. The number of carbonyl (C=O) groups excluding carboxylic acids is 1. The molecule has 2 aromatic rings. The maximum atomic E-state index is 11.6. The lowest BCUT2D eigenvalue weighted by Crippen LogP contribution is -2.19. The van der Waals surface area contributed by atoms with Gasteiger partial charge in [0.25, 0.3) is 0 Å². The molecule has 0 aliphatic carbocycles. The van der Waals surface area contributed by atoms with Gasteiger partial charge in [-0.15, -0.1) is 0 Å². The van der Waals surface area contributed by atoms with Gasteiger partial charge in [-0.2, -0.15) is 5.10 Å². The largest absolute Gasteiger partial charge is 0.273 e. The Labute approximate surface area is 116 Å². The number of hydrogen-bond donors (Lipinski definition) is 1. The predicted octanol–water partition coefficient (Wildman–Crippen LogP) is 2.43. The maximum absolute atomic E-state index is 11.6. The van der Waals surface area contributed by atoms with Gasteiger partial charge in [-0.25, -0.2) is 5.43 Å². The second-order valence-electron chi connectivity index (χ2n) is 3.89. The highest BCUT2D eigenvalue weighted by atomic mass is 35.5. The Morgan fingerprint density at radius 3 is 3.00 bits per heavy atom. The fourth-order valence-electron chi connectivity index (χ4n) is 1.50. The molecule has 0 saturated carbocycles. The lowest BCUT2D eigenvalue weighted by atomic mass is 10.1. The first-order valence-electron chi connectivity index (χ1n) is 5.70. The van der Waals surface area contributed by atoms with Crippen LogP contribution in [0.3, 0.4) is 0 Å². The topological polar surface area (TPSA) is 54.4 Å². The number of halogens is 1. The molecular weight excluding hydrogens is 262 g/mol. The average Bonchev–Trinajstić information content (AvgIpc) is 2.40. The molecule has 0 spiro atoms. The van der Waals surface area contributed by atoms with Crippen LogP contribution in [0.25, 0.3) is 0 Å². The van der Waals surface area contributed by atoms with E-state index in [9.17, 15) is 4.79 Å². The van der Waals surface area contributed by atoms with E-state index >= 15 is 0 Å². The highest BCUT2D eigenvalue weighted by Crippen LogP contribution is 2.10. The molecule has 0 atom stereocenters. The summed E-state index contributed by atoms with van der Waals surface area (Å²) in [6.07, 6.45) is 5.12. The Morgan fingerprint density at radius 2 is 2.26 bits per heavy atom. The molecule has 0 aliphatic rings. The molecule has 4 nitrogen and oxygen atoms in total. The standard InChI is InChI=1S/C14H12ClN3O/c15-13-5-1-3-11(7-13)8-14(19)18-17-10-12-4-2-6-16-9-12/h1-7,9-10H,8H2,(H,18,19). The molecule has 0 bridgehead atoms. The van der Waals surface area contributed by atoms with Crippen molar-refractivity contribution in [3.8, 4) is 0 Å². The lowest BCUT2D eigenvalue weighted by Gasteiger charge is -2.00. The van der Waals surface area contributed by atoms with Gasteiger partial charge in [0.15, 0.2) is 0 Å². The van der Waals surface area contributed by atoms with Crippen LogP contribution < -0.4 is 5.43 Å². The molecular formula is C14H12ClN3O. The second kappa shape index (κ2) is 6.66. The lowest BCUT2D eigenvalue weighted by molar-refractivity contribution is -0.120. The number of nitrogens with one attached hydrogen (secondary N) is 1. The van der Waals surface area contributed by atoms with E-state index in [0.717, 1.165) is 11.1 Å². The van der Waals surface area contributed by atoms with Crippen molar-refractivity contribution < 1.29 is 4.79 Å². The van der Waals surface area contributed by atoms with Crippen LogP contribution in [0.1, 0.15) is 11.1 Å². The van der Waals surface area contributed by atoms with Crippen molar-refractivity contribution in [3.05, 3.63) is 64.9 Å². The molecule has 0 saturated heterocycles. The van der Waals surface area contributed by atoms with E-state index in [0.29, 0.717) is 5.02 Å². The number of hydrazone groups is 1. The van der Waals surface area contributed by atoms with E-state index in [1.54, 1.807) is 36.8 Å². The summed E-state index contributed by atoms with van der Waals surface area (Å²) in [5, 5.41) is 4.48. The second-order valence-corrected chi connectivity index (χ2v) is 4.32. The summed E-state index contributed by atoms with van der Waals surface area (Å²) in [4.78, 5) is 15.6. The highest BCUT2D eigenvalue weighted by molar-refractivity contribution is 6.30. The Bertz CT molecular complexity index is 584. The number of benzene rings is 1. The van der Waals surface area contributed by atoms with E-state index in [1.807, 2.05) is 18.2 Å². The third-order valence-corrected chi connectivity index (χ3v) is 2.58. The van der Waals surface area contributed by atoms with E-state index in [-0.39, 0.29) is 12.3 Å². The number of carbonyl (C=O) groups is 1. The molecule has 1 aromatic carbocycles. The molecule has 1 amide bonds. The smallest absolute Gasteiger partial charge is 0.244 e. The van der Waals surface area contributed by atoms with E-state index in [2.05, 4.69) is 15.5 Å². The average molecular weight is 274 g/mol. The summed E-state index contributed by atoms with van der Waals surface area (Å²) < 4.78 is 0. The molecule has 0 unspecified atom stereocenters. The summed E-state index contributed by atoms with van der Waals surface area (Å²) in [7, 11) is 0. The number of aromatic nitrogens is 1. The van der Waals surface area contributed by atoms with Crippen molar-refractivity contribution in [1.82, 2.24) is 10.4 Å². The van der Waals surface area contributed by atoms with Gasteiger partial charge in [-0.3, -0.25) is 9.78 Å². The number of pyridine rings is 1. The molecule has 0 aliphatic heterocycles. The van der Waals surface area contributed by atoms with E-state index < -0.39 is 0 Å². The van der Waals surface area contributed by atoms with Crippen molar-refractivity contribution >= 4 is 23.7 Å². The molecule has 1 N–H and O–H groups in total. The Balaban J connectivity index is 1.87. The minimum absolute atomic E-state index is 0.192. The van der Waals surface area contributed by atoms with Crippen LogP contribution in [0.5, 0.6) is 0 Å². The van der Waals surface area contributed by atoms with Crippen molar-refractivity contribution in [2.45, 2.75) is 6.42 Å². The fraction of sp³-hybridized carbons (Fsp3) is 0.0714. The number of nitrogens with zero attached hydrogens (tertiary/aromatic N) is 2. The Morgan fingerprint density at radius 1 is 1.37 bits per heavy atom. The maximum Gasteiger partial charge on any atom is 0.244 e. The minimum Gasteiger partial charge on any atom is -0.273 e. The number of rotatable bonds is 4. The third-order valence-electron chi connectivity index (χ3n) is 2.34. The van der Waals surface area contributed by atoms with Crippen molar-refractivity contribution in [2.75, 3.05) is 0 Å². The molecule has 2 rings (SSSR count). The zero-order valence-corrected chi connectivity index (χ0v) is 10.8. The number of hydrogen-bond acceptors (Lipinski definition) is 3. The van der Waals surface area contributed by atoms with Gasteiger partial charge in [0.2, 0.25) is 5.91 Å². The zero-order chi connectivity index (χ0) is 13.5. The summed E-state index contributed by atoms with van der Waals surface area (Å²) in [6.45, 7) is 0. The summed E-state index contributed by atoms with van der Waals surface area (Å²) in [5.41, 5.74) is 4.13. The van der Waals surface area contributed by atoms with Gasteiger partial charge in [-0.05, 0) is 23.8 Å². The quantitative estimate of drug-likeness (QED) is 0.687. The van der Waals surface area contributed by atoms with E-state index in [4.69, 9.17) is 11.6 Å². The van der Waals surface area contributed by atoms with Gasteiger partial charge in [-0.1, -0.05) is 29.8 Å². The molecule has 0 radical (unpaired) electrons. The van der Waals surface area contributed by atoms with Crippen LogP contribution in [0.15, 0.2) is 53.9 Å². The zero-order valence-electron chi connectivity index (χ0n) is 10.1. The van der Waals surface area contributed by atoms with Crippen molar-refractivity contribution in [2.24, 2.45) is 5.10 Å². The van der Waals surface area contributed by atoms with Gasteiger partial charge in [0, 0.05) is 23.0 Å². The first kappa shape index (κ1) is 13.2. The fourth-order valence-corrected chi connectivity index (χ4v) is 1.72. The Kier molecular flexibility index (Phi) is 4.64. The Hall–Kier alpha value is -2.20. The number of amides is 1. The van der Waals surface area contributed by atoms with Gasteiger partial charge < -0.3 is 0 Å². The van der Waals surface area contributed by atoms with Crippen LogP contribution in [-0.4, -0.2) is 17.1 Å². The van der Waals surface area contributed by atoms with Crippen LogP contribution in [0.2, 0.25) is 5.02 Å². The molecule has 5 heteroatoms. The summed E-state index contributed by atoms with van der Waals surface area (Å²) in [6, 6.07) is 10.8. The first-order chi connectivity index (χ1) is 9.24. The first-order valence-corrected chi connectivity index (χ1v) is 6.08. The van der Waals surface area contributed by atoms with Crippen LogP contribution in [-0.2, 0) is 11.2 Å². The van der Waals surface area contributed by atoms with Crippen molar-refractivity contribution in [3.63, 3.8) is 0 Å². The van der Waals surface area contributed by atoms with Crippen molar-refractivity contribution in [1.29, 1.82) is 0 Å². The third kappa shape index (κ3) is 4.52. The van der Waals surface area contributed by atoms with Gasteiger partial charge >= 0.3 is 0 Å². The summed E-state index contributed by atoms with van der Waals surface area (Å²) >= 11 is 5.84. The van der Waals surface area contributed by atoms with Gasteiger partial charge in [0.05, 0.1) is 12.6 Å². The van der Waals surface area contributed by atoms with Crippen LogP contribution >= 0.6 is 11.6 Å². The summed E-state index contributed by atoms with van der Waals surface area (Å²) in [5.74, 6) is -0.192. The molecule has 1 heterocycles. The normalized spacial score (nSPS) is 10.6. The van der Waals surface area contributed by atoms with E-state index in [1.165, 1.54) is 0 Å². The predicted molar refractivity (Wildman–Crippen MR) is 75.1 cm³/mol. The highest BCUT2D eigenvalue weighted by Gasteiger charge is 2.02. The molecule has 1 aromatic heterocycles. The SMILES string of the molecule is O=C(Cc1cccc(Cl)c1)NN=Cc1cccnc1. The van der Waals surface area contributed by atoms with Crippen LogP contribution in [0.4, 0.5) is 0 Å². The van der Waals surface area contributed by atoms with Crippen LogP contribution in [0, 0.1) is 0 Å². The molecule has 0 fully saturated rings. The van der Waals surface area contributed by atoms with Gasteiger partial charge in [0.1, 0.15) is 0 Å². The minimum atomic E-state index is -0.192. The molecule has 96 valence electrons. The molecule has 19 heavy (non-hydrogen) atoms.